The zero-order chi connectivity index (χ0) is 17.7. The van der Waals surface area contributed by atoms with E-state index in [9.17, 15) is 14.7 Å². The third kappa shape index (κ3) is 3.75. The van der Waals surface area contributed by atoms with E-state index in [4.69, 9.17) is 21.1 Å². The second-order valence-corrected chi connectivity index (χ2v) is 6.23. The molecule has 24 heavy (non-hydrogen) atoms. The Balaban J connectivity index is 2.29. The van der Waals surface area contributed by atoms with Crippen LogP contribution in [-0.4, -0.2) is 36.2 Å². The molecule has 2 N–H and O–H groups in total. The number of carbonyl (C=O) groups is 2. The van der Waals surface area contributed by atoms with E-state index < -0.39 is 17.4 Å². The van der Waals surface area contributed by atoms with Crippen LogP contribution in [0.15, 0.2) is 12.1 Å². The Labute approximate surface area is 146 Å². The summed E-state index contributed by atoms with van der Waals surface area (Å²) in [6, 6.07) is 2.97. The Hall–Kier alpha value is -1.95. The summed E-state index contributed by atoms with van der Waals surface area (Å²) in [5.74, 6) is -0.784. The van der Waals surface area contributed by atoms with Gasteiger partial charge in [0.1, 0.15) is 5.54 Å². The largest absolute Gasteiger partial charge is 0.493 e. The molecule has 0 aliphatic heterocycles. The van der Waals surface area contributed by atoms with Crippen molar-refractivity contribution in [3.8, 4) is 11.5 Å². The molecular weight excluding hydrogens is 334 g/mol. The van der Waals surface area contributed by atoms with E-state index >= 15 is 0 Å². The highest BCUT2D eigenvalue weighted by molar-refractivity contribution is 6.32. The molecule has 1 saturated carbocycles. The molecule has 2 rings (SSSR count). The molecule has 0 heterocycles. The number of hydrogen-bond donors (Lipinski definition) is 2. The maximum Gasteiger partial charge on any atom is 0.329 e. The monoisotopic (exact) mass is 355 g/mol. The van der Waals surface area contributed by atoms with Crippen molar-refractivity contribution in [1.29, 1.82) is 0 Å². The molecule has 1 fully saturated rings. The zero-order valence-electron chi connectivity index (χ0n) is 13.9. The summed E-state index contributed by atoms with van der Waals surface area (Å²) in [6.07, 6.45) is 3.39. The Bertz CT molecular complexity index is 626. The molecular formula is C17H22ClNO5. The molecule has 1 aliphatic rings. The van der Waals surface area contributed by atoms with Crippen LogP contribution in [0.3, 0.4) is 0 Å². The number of amides is 1. The number of carboxylic acid groups (broad SMARTS) is 1. The van der Waals surface area contributed by atoms with E-state index in [1.165, 1.54) is 19.2 Å². The van der Waals surface area contributed by atoms with Crippen LogP contribution in [0.5, 0.6) is 11.5 Å². The number of hydrogen-bond acceptors (Lipinski definition) is 4. The van der Waals surface area contributed by atoms with Gasteiger partial charge in [0.2, 0.25) is 0 Å². The highest BCUT2D eigenvalue weighted by Crippen LogP contribution is 2.37. The Morgan fingerprint density at radius 2 is 1.96 bits per heavy atom. The van der Waals surface area contributed by atoms with Crippen molar-refractivity contribution in [2.45, 2.75) is 44.6 Å². The van der Waals surface area contributed by atoms with Crippen molar-refractivity contribution in [1.82, 2.24) is 5.32 Å². The molecule has 0 unspecified atom stereocenters. The SMILES string of the molecule is CCOc1c(Cl)cc(C(=O)NC2(C(=O)O)CCCCC2)cc1OC. The predicted molar refractivity (Wildman–Crippen MR) is 90.1 cm³/mol. The van der Waals surface area contributed by atoms with Crippen molar-refractivity contribution < 1.29 is 24.2 Å². The number of carbonyl (C=O) groups excluding carboxylic acids is 1. The van der Waals surface area contributed by atoms with E-state index in [1.54, 1.807) is 0 Å². The highest BCUT2D eigenvalue weighted by Gasteiger charge is 2.41. The minimum absolute atomic E-state index is 0.242. The van der Waals surface area contributed by atoms with Gasteiger partial charge >= 0.3 is 5.97 Å². The molecule has 1 aromatic rings. The van der Waals surface area contributed by atoms with Crippen molar-refractivity contribution in [3.05, 3.63) is 22.7 Å². The lowest BCUT2D eigenvalue weighted by Crippen LogP contribution is -2.55. The van der Waals surface area contributed by atoms with Crippen molar-refractivity contribution >= 4 is 23.5 Å². The summed E-state index contributed by atoms with van der Waals surface area (Å²) >= 11 is 6.17. The molecule has 1 amide bonds. The van der Waals surface area contributed by atoms with E-state index in [0.29, 0.717) is 30.9 Å². The minimum atomic E-state index is -1.21. The number of aliphatic carboxylic acids is 1. The lowest BCUT2D eigenvalue weighted by Gasteiger charge is -2.34. The third-order valence-electron chi connectivity index (χ3n) is 4.25. The second kappa shape index (κ2) is 7.75. The van der Waals surface area contributed by atoms with Gasteiger partial charge in [-0.3, -0.25) is 4.79 Å². The lowest BCUT2D eigenvalue weighted by atomic mass is 9.81. The Morgan fingerprint density at radius 1 is 1.29 bits per heavy atom. The van der Waals surface area contributed by atoms with Gasteiger partial charge in [-0.05, 0) is 31.9 Å². The van der Waals surface area contributed by atoms with E-state index in [1.807, 2.05) is 6.92 Å². The average molecular weight is 356 g/mol. The first-order valence-corrected chi connectivity index (χ1v) is 8.37. The van der Waals surface area contributed by atoms with Gasteiger partial charge in [0, 0.05) is 5.56 Å². The molecule has 1 aromatic carbocycles. The number of carboxylic acids is 1. The summed E-state index contributed by atoms with van der Waals surface area (Å²) in [4.78, 5) is 24.3. The summed E-state index contributed by atoms with van der Waals surface area (Å²) in [5, 5.41) is 12.5. The summed E-state index contributed by atoms with van der Waals surface area (Å²) in [6.45, 7) is 2.22. The van der Waals surface area contributed by atoms with Crippen LogP contribution in [0.25, 0.3) is 0 Å². The maximum absolute atomic E-state index is 12.6. The number of rotatable bonds is 6. The van der Waals surface area contributed by atoms with E-state index in [0.717, 1.165) is 19.3 Å². The molecule has 0 radical (unpaired) electrons. The fraction of sp³-hybridized carbons (Fsp3) is 0.529. The molecule has 0 saturated heterocycles. The van der Waals surface area contributed by atoms with Crippen LogP contribution in [-0.2, 0) is 4.79 Å². The first-order chi connectivity index (χ1) is 11.4. The van der Waals surface area contributed by atoms with E-state index in [-0.39, 0.29) is 10.6 Å². The Morgan fingerprint density at radius 3 is 2.50 bits per heavy atom. The molecule has 6 nitrogen and oxygen atoms in total. The first kappa shape index (κ1) is 18.4. The normalized spacial score (nSPS) is 16.3. The molecule has 0 bridgehead atoms. The van der Waals surface area contributed by atoms with Gasteiger partial charge in [0.15, 0.2) is 11.5 Å². The summed E-state index contributed by atoms with van der Waals surface area (Å²) in [5.41, 5.74) is -0.973. The van der Waals surface area contributed by atoms with Crippen molar-refractivity contribution in [3.63, 3.8) is 0 Å². The number of halogens is 1. The smallest absolute Gasteiger partial charge is 0.329 e. The molecule has 0 spiro atoms. The average Bonchev–Trinajstić information content (AvgIpc) is 2.57. The topological polar surface area (TPSA) is 84.9 Å². The fourth-order valence-electron chi connectivity index (χ4n) is 2.97. The van der Waals surface area contributed by atoms with Crippen LogP contribution < -0.4 is 14.8 Å². The van der Waals surface area contributed by atoms with Crippen LogP contribution in [0.4, 0.5) is 0 Å². The van der Waals surface area contributed by atoms with E-state index in [2.05, 4.69) is 5.32 Å². The van der Waals surface area contributed by atoms with Gasteiger partial charge in [0.05, 0.1) is 18.7 Å². The van der Waals surface area contributed by atoms with Crippen LogP contribution in [0.1, 0.15) is 49.4 Å². The van der Waals surface area contributed by atoms with Crippen molar-refractivity contribution in [2.75, 3.05) is 13.7 Å². The number of ether oxygens (including phenoxy) is 2. The second-order valence-electron chi connectivity index (χ2n) is 5.82. The minimum Gasteiger partial charge on any atom is -0.493 e. The van der Waals surface area contributed by atoms with Gasteiger partial charge in [-0.2, -0.15) is 0 Å². The number of methoxy groups -OCH3 is 1. The maximum atomic E-state index is 12.6. The molecule has 132 valence electrons. The molecule has 7 heteroatoms. The number of benzene rings is 1. The molecule has 0 atom stereocenters. The Kier molecular flexibility index (Phi) is 5.94. The third-order valence-corrected chi connectivity index (χ3v) is 4.53. The fourth-order valence-corrected chi connectivity index (χ4v) is 3.24. The van der Waals surface area contributed by atoms with Crippen LogP contribution in [0, 0.1) is 0 Å². The quantitative estimate of drug-likeness (QED) is 0.818. The van der Waals surface area contributed by atoms with Gasteiger partial charge in [-0.15, -0.1) is 0 Å². The number of nitrogens with one attached hydrogen (secondary N) is 1. The standard InChI is InChI=1S/C17H22ClNO5/c1-3-24-14-12(18)9-11(10-13(14)23-2)15(20)19-17(16(21)22)7-5-4-6-8-17/h9-10H,3-8H2,1-2H3,(H,19,20)(H,21,22). The highest BCUT2D eigenvalue weighted by atomic mass is 35.5. The van der Waals surface area contributed by atoms with Crippen LogP contribution >= 0.6 is 11.6 Å². The zero-order valence-corrected chi connectivity index (χ0v) is 14.6. The molecule has 0 aromatic heterocycles. The first-order valence-electron chi connectivity index (χ1n) is 7.99. The van der Waals surface area contributed by atoms with Gasteiger partial charge in [-0.1, -0.05) is 30.9 Å². The predicted octanol–water partition coefficient (Wildman–Crippen LogP) is 3.26. The van der Waals surface area contributed by atoms with Crippen LogP contribution in [0.2, 0.25) is 5.02 Å². The summed E-state index contributed by atoms with van der Waals surface area (Å²) < 4.78 is 10.6. The van der Waals surface area contributed by atoms with Gasteiger partial charge in [0.25, 0.3) is 5.91 Å². The van der Waals surface area contributed by atoms with Gasteiger partial charge in [-0.25, -0.2) is 4.79 Å². The lowest BCUT2D eigenvalue weighted by molar-refractivity contribution is -0.145. The van der Waals surface area contributed by atoms with Gasteiger partial charge < -0.3 is 19.9 Å². The summed E-state index contributed by atoms with van der Waals surface area (Å²) in [7, 11) is 1.45. The molecule has 1 aliphatic carbocycles. The van der Waals surface area contributed by atoms with Crippen molar-refractivity contribution in [2.24, 2.45) is 0 Å².